The zero-order chi connectivity index (χ0) is 98.1. The second-order valence-corrected chi connectivity index (χ2v) is 41.2. The number of para-hydroxylation sites is 2. The maximum absolute atomic E-state index is 14.5. The number of amides is 8. The third kappa shape index (κ3) is 27.4. The molecule has 8 atom stereocenters. The smallest absolute Gasteiger partial charge is 0.411 e. The monoisotopic (exact) mass is 1940 g/mol. The van der Waals surface area contributed by atoms with E-state index in [9.17, 15) is 64.8 Å². The Hall–Kier alpha value is -12.6. The first-order valence-corrected chi connectivity index (χ1v) is 49.5. The number of carbonyl (C=O) groups is 10. The highest BCUT2D eigenvalue weighted by Crippen LogP contribution is 2.48. The van der Waals surface area contributed by atoms with Gasteiger partial charge in [-0.25, -0.2) is 55.8 Å². The average Bonchev–Trinajstić information content (AvgIpc) is 1.58. The first kappa shape index (κ1) is 103. The first-order valence-electron chi connectivity index (χ1n) is 44.8. The molecule has 0 spiro atoms. The maximum Gasteiger partial charge on any atom is 0.411 e. The van der Waals surface area contributed by atoms with Crippen LogP contribution >= 0.6 is 22.7 Å². The Morgan fingerprint density at radius 3 is 1.24 bits per heavy atom. The van der Waals surface area contributed by atoms with E-state index in [4.69, 9.17) is 53.5 Å². The summed E-state index contributed by atoms with van der Waals surface area (Å²) in [6.45, 7) is 25.7. The van der Waals surface area contributed by atoms with Crippen LogP contribution in [0.25, 0.3) is 44.6 Å². The fraction of sp³-hybridized carbons (Fsp3) is 0.474. The molecule has 4 aliphatic rings. The van der Waals surface area contributed by atoms with Gasteiger partial charge in [-0.2, -0.15) is 0 Å². The number of esters is 1. The van der Waals surface area contributed by atoms with Crippen molar-refractivity contribution in [3.63, 3.8) is 0 Å². The third-order valence-corrected chi connectivity index (χ3v) is 26.9. The van der Waals surface area contributed by atoms with Gasteiger partial charge >= 0.3 is 24.1 Å². The summed E-state index contributed by atoms with van der Waals surface area (Å²) in [5, 5.41) is 32.7. The van der Waals surface area contributed by atoms with Gasteiger partial charge in [-0.15, -0.1) is 35.8 Å². The van der Waals surface area contributed by atoms with Gasteiger partial charge in [0.1, 0.15) is 90.7 Å². The molecule has 4 aromatic carbocycles. The molecule has 0 bridgehead atoms. The molecule has 6 heterocycles. The molecule has 40 heteroatoms. The van der Waals surface area contributed by atoms with Crippen molar-refractivity contribution >= 4 is 146 Å². The molecule has 0 radical (unpaired) electrons. The van der Waals surface area contributed by atoms with Crippen molar-refractivity contribution in [2.24, 2.45) is 11.8 Å². The first-order chi connectivity index (χ1) is 64.0. The number of nitrogens with zero attached hydrogens (tertiary/aromatic N) is 6. The lowest BCUT2D eigenvalue weighted by atomic mass is 10.1. The van der Waals surface area contributed by atoms with Gasteiger partial charge in [-0.3, -0.25) is 48.2 Å². The van der Waals surface area contributed by atoms with Crippen LogP contribution in [0.3, 0.4) is 0 Å². The van der Waals surface area contributed by atoms with E-state index in [1.165, 1.54) is 88.1 Å². The molecule has 0 unspecified atom stereocenters. The van der Waals surface area contributed by atoms with Crippen molar-refractivity contribution < 1.29 is 103 Å². The van der Waals surface area contributed by atoms with E-state index in [0.717, 1.165) is 42.4 Å². The van der Waals surface area contributed by atoms with E-state index in [-0.39, 0.29) is 97.3 Å². The Morgan fingerprint density at radius 1 is 0.511 bits per heavy atom. The number of aliphatic carboxylic acids is 1. The molecule has 726 valence electrons. The van der Waals surface area contributed by atoms with E-state index in [1.807, 2.05) is 44.5 Å². The van der Waals surface area contributed by atoms with E-state index in [1.54, 1.807) is 110 Å². The van der Waals surface area contributed by atoms with Crippen molar-refractivity contribution in [2.45, 2.75) is 253 Å². The quantitative estimate of drug-likeness (QED) is 0.00742. The van der Waals surface area contributed by atoms with Crippen molar-refractivity contribution in [1.29, 1.82) is 0 Å². The highest BCUT2D eigenvalue weighted by molar-refractivity contribution is 7.90. The number of ether oxygens (including phenoxy) is 7. The van der Waals surface area contributed by atoms with Gasteiger partial charge in [0.25, 0.3) is 31.9 Å². The predicted octanol–water partition coefficient (Wildman–Crippen LogP) is 14.6. The van der Waals surface area contributed by atoms with Crippen LogP contribution in [0.4, 0.5) is 31.2 Å². The predicted molar refractivity (Wildman–Crippen MR) is 511 cm³/mol. The molecule has 2 saturated heterocycles. The van der Waals surface area contributed by atoms with Crippen LogP contribution < -0.4 is 60.3 Å². The number of unbranched alkanes of at least 4 members (excludes halogenated alkanes) is 8. The van der Waals surface area contributed by atoms with Crippen LogP contribution in [0.2, 0.25) is 0 Å². The van der Waals surface area contributed by atoms with Gasteiger partial charge in [-0.05, 0) is 156 Å². The highest BCUT2D eigenvalue weighted by atomic mass is 32.2. The number of hydrogen-bond donors (Lipinski definition) is 9. The second-order valence-electron chi connectivity index (χ2n) is 36.2. The number of aromatic nitrogens is 4. The zero-order valence-corrected chi connectivity index (χ0v) is 81.3. The van der Waals surface area contributed by atoms with Crippen LogP contribution in [0.15, 0.2) is 143 Å². The maximum atomic E-state index is 14.5. The number of nitrogens with one attached hydrogen (secondary N) is 8. The summed E-state index contributed by atoms with van der Waals surface area (Å²) in [6, 6.07) is 23.5. The number of carbonyl (C=O) groups excluding carboxylic acids is 9. The Morgan fingerprint density at radius 2 is 0.889 bits per heavy atom. The number of fused-ring (bicyclic) bond motifs is 2. The van der Waals surface area contributed by atoms with Crippen molar-refractivity contribution in [3.8, 4) is 45.8 Å². The number of pyridine rings is 2. The SMILES string of the molecule is C=C[C@@H]1C[C@]1(NC(=O)[C@@H]1C[C@@H](Oc2cc(-c3csc(NC(C)C)n3)nc3cc(OC)ccc23)CN1C(=O)OC(C)(C)C)C(=O)NS(=O)(=O)c1ccccc1NC(=O)CCCCCCCC(=O)O.C=C[C@@H]1C[C@]1(NC(=O)[C@@H]1C[C@@H](Oc2cc(-c3csc(NC(C)C)n3)nc3cc(OC)ccc23)CN1C(=O)OC(C)(C)C)C(=O)NS(=O)(=O)c1ccccc1NC(=O)CCCCCCCC(=O)OC. The molecular formula is C95H120N14O22S4. The molecule has 135 heavy (non-hydrogen) atoms. The average molecular weight is 1940 g/mol. The van der Waals surface area contributed by atoms with Gasteiger partial charge in [-0.1, -0.05) is 74.9 Å². The number of benzene rings is 4. The summed E-state index contributed by atoms with van der Waals surface area (Å²) < 4.78 is 100. The third-order valence-electron chi connectivity index (χ3n) is 22.6. The van der Waals surface area contributed by atoms with Crippen LogP contribution in [0, 0.1) is 11.8 Å². The lowest BCUT2D eigenvalue weighted by Crippen LogP contribution is -2.56. The van der Waals surface area contributed by atoms with Crippen molar-refractivity contribution in [2.75, 3.05) is 55.7 Å². The zero-order valence-electron chi connectivity index (χ0n) is 78.1. The van der Waals surface area contributed by atoms with E-state index >= 15 is 0 Å². The lowest BCUT2D eigenvalue weighted by molar-refractivity contribution is -0.141. The molecule has 4 aromatic heterocycles. The minimum absolute atomic E-state index is 0.0171. The summed E-state index contributed by atoms with van der Waals surface area (Å²) >= 11 is 2.87. The fourth-order valence-corrected chi connectivity index (χ4v) is 19.8. The minimum Gasteiger partial charge on any atom is -0.497 e. The number of sulfonamides is 2. The molecule has 8 amide bonds. The van der Waals surface area contributed by atoms with Crippen LogP contribution in [0.5, 0.6) is 23.0 Å². The fourth-order valence-electron chi connectivity index (χ4n) is 15.7. The number of hydrogen-bond acceptors (Lipinski definition) is 29. The van der Waals surface area contributed by atoms with Gasteiger partial charge in [0.05, 0.1) is 68.2 Å². The largest absolute Gasteiger partial charge is 0.497 e. The Labute approximate surface area is 793 Å². The van der Waals surface area contributed by atoms with Crippen molar-refractivity contribution in [3.05, 3.63) is 133 Å². The number of methoxy groups -OCH3 is 3. The number of carboxylic acids is 1. The number of rotatable bonds is 42. The second kappa shape index (κ2) is 44.7. The Balaban J connectivity index is 0.000000260. The molecular weight excluding hydrogens is 1820 g/mol. The van der Waals surface area contributed by atoms with Crippen LogP contribution in [-0.4, -0.2) is 204 Å². The summed E-state index contributed by atoms with van der Waals surface area (Å²) in [5.74, 6) is -4.79. The molecule has 4 fully saturated rings. The summed E-state index contributed by atoms with van der Waals surface area (Å²) in [4.78, 5) is 154. The Kier molecular flexibility index (Phi) is 34.1. The van der Waals surface area contributed by atoms with Crippen LogP contribution in [-0.2, 0) is 72.6 Å². The molecule has 2 saturated carbocycles. The lowest BCUT2D eigenvalue weighted by Gasteiger charge is -2.29. The van der Waals surface area contributed by atoms with Gasteiger partial charge in [0, 0.05) is 108 Å². The number of thiazole rings is 2. The number of anilines is 4. The van der Waals surface area contributed by atoms with E-state index < -0.39 is 132 Å². The van der Waals surface area contributed by atoms with Crippen LogP contribution in [0.1, 0.15) is 185 Å². The minimum atomic E-state index is -4.62. The van der Waals surface area contributed by atoms with E-state index in [2.05, 4.69) is 59.2 Å². The molecule has 2 aliphatic carbocycles. The Bertz CT molecular complexity index is 5950. The highest BCUT2D eigenvalue weighted by Gasteiger charge is 2.63. The standard InChI is InChI=1S/C48H61N7O11S2.C47H59N7O11S2/c1-9-30-26-48(30,44(59)54-68(61,62)40-18-16-15-17-34(40)51-41(56)19-13-11-10-12-14-20-42(57)64-8)53-43(58)38-24-32(27-55(38)46(60)66-47(4,5)6)65-39-25-36(37-28-67-45(52-37)49-29(2)3)50-35-23-31(63-7)21-22-33(35)39;1-8-29-25-47(29,43(59)53-67(61,62)39-17-15-14-16-33(39)50-40(55)18-12-10-9-11-13-19-41(56)57)52-42(58)37-23-31(26-54(37)45(60)65-46(4,5)6)64-38-24-35(36-27-66-44(51-36)48-28(2)3)49-34-22-30(63-7)20-21-32(34)38/h9,15-18,21-23,25,28-30,32,38H,1,10-14,19-20,24,26-27H2,2-8H3,(H,49,52)(H,51,56)(H,53,58)(H,54,59);8,14-17,20-22,24,27-29,31,37H,1,9-13,18-19,23,25-26H2,2-7H3,(H,48,51)(H,50,55)(H,52,58)(H,53,59)(H,56,57)/t30-,32-,38+,48-;29-,31-,37+,47-/m11/s1. The van der Waals surface area contributed by atoms with Gasteiger partial charge in [0.2, 0.25) is 23.6 Å². The molecule has 2 aliphatic heterocycles. The van der Waals surface area contributed by atoms with Gasteiger partial charge < -0.3 is 70.2 Å². The molecule has 36 nitrogen and oxygen atoms in total. The summed E-state index contributed by atoms with van der Waals surface area (Å²) in [6.07, 6.45) is 7.28. The van der Waals surface area contributed by atoms with Gasteiger partial charge in [0.15, 0.2) is 10.3 Å². The number of likely N-dealkylation sites (tertiary alicyclic amines) is 2. The normalized spacial score (nSPS) is 19.0. The summed E-state index contributed by atoms with van der Waals surface area (Å²) in [7, 11) is -4.78. The van der Waals surface area contributed by atoms with E-state index in [0.29, 0.717) is 106 Å². The molecule has 9 N–H and O–H groups in total. The molecule has 12 rings (SSSR count). The topological polar surface area (TPSA) is 478 Å². The summed E-state index contributed by atoms with van der Waals surface area (Å²) in [5.41, 5.74) is -1.99. The van der Waals surface area contributed by atoms with Crippen molar-refractivity contribution in [1.82, 2.24) is 49.8 Å². The number of carboxylic acid groups (broad SMARTS) is 1. The molecule has 8 aromatic rings.